The number of pyridine rings is 1. The highest BCUT2D eigenvalue weighted by atomic mass is 16.6. The van der Waals surface area contributed by atoms with Gasteiger partial charge in [0.1, 0.15) is 19.0 Å². The molecule has 2 aromatic carbocycles. The molecule has 1 atom stereocenters. The topological polar surface area (TPSA) is 51.7 Å². The third-order valence-electron chi connectivity index (χ3n) is 5.13. The highest BCUT2D eigenvalue weighted by Gasteiger charge is 2.30. The number of amides is 1. The zero-order valence-electron chi connectivity index (χ0n) is 16.2. The van der Waals surface area contributed by atoms with E-state index >= 15 is 0 Å². The van der Waals surface area contributed by atoms with Crippen LogP contribution in [0.2, 0.25) is 0 Å². The summed E-state index contributed by atoms with van der Waals surface area (Å²) in [5.74, 6) is 0.795. The van der Waals surface area contributed by atoms with Crippen LogP contribution in [0, 0.1) is 0 Å². The number of nitrogens with zero attached hydrogens (tertiary/aromatic N) is 2. The second-order valence-electron chi connectivity index (χ2n) is 7.06. The van der Waals surface area contributed by atoms with Gasteiger partial charge in [-0.3, -0.25) is 9.88 Å². The van der Waals surface area contributed by atoms with Crippen LogP contribution >= 0.6 is 0 Å². The molecule has 0 bridgehead atoms. The summed E-state index contributed by atoms with van der Waals surface area (Å²) >= 11 is 0. The Balaban J connectivity index is 1.40. The predicted octanol–water partition coefficient (Wildman–Crippen LogP) is 4.58. The van der Waals surface area contributed by atoms with Crippen LogP contribution in [0.4, 0.5) is 4.79 Å². The average molecular weight is 388 g/mol. The monoisotopic (exact) mass is 388 g/mol. The van der Waals surface area contributed by atoms with E-state index in [1.54, 1.807) is 11.1 Å². The number of ether oxygens (including phenoxy) is 2. The number of cyclic esters (lactones) is 1. The Bertz CT molecular complexity index is 914. The molecule has 1 aromatic heterocycles. The summed E-state index contributed by atoms with van der Waals surface area (Å²) in [7, 11) is 0. The molecule has 0 saturated carbocycles. The summed E-state index contributed by atoms with van der Waals surface area (Å²) < 4.78 is 11.2. The maximum absolute atomic E-state index is 12.1. The van der Waals surface area contributed by atoms with Gasteiger partial charge < -0.3 is 9.47 Å². The van der Waals surface area contributed by atoms with E-state index < -0.39 is 0 Å². The van der Waals surface area contributed by atoms with Gasteiger partial charge in [0.05, 0.1) is 12.6 Å². The first-order chi connectivity index (χ1) is 14.3. The average Bonchev–Trinajstić information content (AvgIpc) is 3.21. The molecular weight excluding hydrogens is 364 g/mol. The summed E-state index contributed by atoms with van der Waals surface area (Å²) in [6.45, 7) is 1.47. The fourth-order valence-electron chi connectivity index (χ4n) is 3.51. The maximum Gasteiger partial charge on any atom is 0.410 e. The Morgan fingerprint density at radius 1 is 1.00 bits per heavy atom. The minimum atomic E-state index is -0.260. The highest BCUT2D eigenvalue weighted by molar-refractivity contribution is 5.69. The Labute approximate surface area is 170 Å². The smallest absolute Gasteiger partial charge is 0.410 e. The largest absolute Gasteiger partial charge is 0.491 e. The molecule has 0 spiro atoms. The van der Waals surface area contributed by atoms with E-state index in [9.17, 15) is 4.79 Å². The minimum absolute atomic E-state index is 0.0426. The van der Waals surface area contributed by atoms with Crippen molar-refractivity contribution in [3.8, 4) is 16.9 Å². The van der Waals surface area contributed by atoms with Crippen LogP contribution in [0.1, 0.15) is 12.0 Å². The third-order valence-corrected chi connectivity index (χ3v) is 5.13. The number of carbonyl (C=O) groups excluding carboxylic acids is 1. The number of hydrogen-bond donors (Lipinski definition) is 0. The molecule has 1 fully saturated rings. The second-order valence-corrected chi connectivity index (χ2v) is 7.06. The molecule has 1 amide bonds. The summed E-state index contributed by atoms with van der Waals surface area (Å²) in [5.41, 5.74) is 3.47. The maximum atomic E-state index is 12.1. The van der Waals surface area contributed by atoms with Gasteiger partial charge in [-0.05, 0) is 47.7 Å². The number of rotatable bonds is 8. The van der Waals surface area contributed by atoms with Gasteiger partial charge >= 0.3 is 6.09 Å². The van der Waals surface area contributed by atoms with E-state index in [1.165, 1.54) is 5.56 Å². The number of aromatic nitrogens is 1. The molecule has 1 unspecified atom stereocenters. The molecule has 1 saturated heterocycles. The van der Waals surface area contributed by atoms with Crippen LogP contribution in [0.5, 0.6) is 5.75 Å². The number of hydrogen-bond acceptors (Lipinski definition) is 4. The molecule has 29 heavy (non-hydrogen) atoms. The number of carbonyl (C=O) groups is 1. The van der Waals surface area contributed by atoms with Crippen LogP contribution in [-0.4, -0.2) is 41.8 Å². The Morgan fingerprint density at radius 3 is 2.48 bits per heavy atom. The summed E-state index contributed by atoms with van der Waals surface area (Å²) in [4.78, 5) is 18.0. The van der Waals surface area contributed by atoms with E-state index in [-0.39, 0.29) is 12.1 Å². The van der Waals surface area contributed by atoms with Crippen LogP contribution in [0.25, 0.3) is 11.1 Å². The van der Waals surface area contributed by atoms with Crippen LogP contribution < -0.4 is 4.74 Å². The van der Waals surface area contributed by atoms with Gasteiger partial charge in [0.15, 0.2) is 0 Å². The Kier molecular flexibility index (Phi) is 6.05. The highest BCUT2D eigenvalue weighted by Crippen LogP contribution is 2.23. The zero-order valence-corrected chi connectivity index (χ0v) is 16.2. The number of aryl methyl sites for hydroxylation is 1. The molecule has 1 aliphatic heterocycles. The first kappa shape index (κ1) is 19.0. The Morgan fingerprint density at radius 2 is 1.79 bits per heavy atom. The molecule has 5 nitrogen and oxygen atoms in total. The van der Waals surface area contributed by atoms with Crippen molar-refractivity contribution in [2.75, 3.05) is 19.8 Å². The second kappa shape index (κ2) is 9.24. The molecule has 4 rings (SSSR count). The SMILES string of the molecule is O=C1OCCN1C(CCc1cccnc1)COc1ccc(-c2ccccc2)cc1. The normalized spacial score (nSPS) is 14.5. The molecular formula is C24H24N2O3. The fourth-order valence-corrected chi connectivity index (χ4v) is 3.51. The molecule has 148 valence electrons. The molecule has 5 heteroatoms. The van der Waals surface area contributed by atoms with Gasteiger partial charge in [0.25, 0.3) is 0 Å². The van der Waals surface area contributed by atoms with Crippen LogP contribution in [0.3, 0.4) is 0 Å². The van der Waals surface area contributed by atoms with Crippen LogP contribution in [0.15, 0.2) is 79.1 Å². The van der Waals surface area contributed by atoms with Crippen molar-refractivity contribution in [2.24, 2.45) is 0 Å². The lowest BCUT2D eigenvalue weighted by atomic mass is 10.1. The predicted molar refractivity (Wildman–Crippen MR) is 112 cm³/mol. The van der Waals surface area contributed by atoms with Gasteiger partial charge in [-0.25, -0.2) is 4.79 Å². The van der Waals surface area contributed by atoms with Crippen molar-refractivity contribution in [3.63, 3.8) is 0 Å². The lowest BCUT2D eigenvalue weighted by molar-refractivity contribution is 0.128. The van der Waals surface area contributed by atoms with Crippen molar-refractivity contribution < 1.29 is 14.3 Å². The van der Waals surface area contributed by atoms with E-state index in [4.69, 9.17) is 9.47 Å². The van der Waals surface area contributed by atoms with Gasteiger partial charge in [0.2, 0.25) is 0 Å². The van der Waals surface area contributed by atoms with Crippen LogP contribution in [-0.2, 0) is 11.2 Å². The zero-order chi connectivity index (χ0) is 19.9. The fraction of sp³-hybridized carbons (Fsp3) is 0.250. The minimum Gasteiger partial charge on any atom is -0.491 e. The molecule has 0 N–H and O–H groups in total. The first-order valence-corrected chi connectivity index (χ1v) is 9.90. The molecule has 0 aliphatic carbocycles. The van der Waals surface area contributed by atoms with Crippen molar-refractivity contribution in [2.45, 2.75) is 18.9 Å². The lowest BCUT2D eigenvalue weighted by Gasteiger charge is -2.25. The first-order valence-electron chi connectivity index (χ1n) is 9.90. The van der Waals surface area contributed by atoms with Gasteiger partial charge in [-0.1, -0.05) is 48.5 Å². The lowest BCUT2D eigenvalue weighted by Crippen LogP contribution is -2.40. The molecule has 3 aromatic rings. The van der Waals surface area contributed by atoms with E-state index in [2.05, 4.69) is 35.3 Å². The quantitative estimate of drug-likeness (QED) is 0.567. The third kappa shape index (κ3) is 4.93. The molecule has 0 radical (unpaired) electrons. The molecule has 1 aliphatic rings. The van der Waals surface area contributed by atoms with E-state index in [0.29, 0.717) is 19.8 Å². The number of benzene rings is 2. The van der Waals surface area contributed by atoms with Gasteiger partial charge in [-0.15, -0.1) is 0 Å². The summed E-state index contributed by atoms with van der Waals surface area (Å²) in [5, 5.41) is 0. The Hall–Kier alpha value is -3.34. The van der Waals surface area contributed by atoms with E-state index in [1.807, 2.05) is 42.6 Å². The van der Waals surface area contributed by atoms with Crippen molar-refractivity contribution in [1.29, 1.82) is 0 Å². The standard InChI is InChI=1S/C24H24N2O3/c27-24-26(15-16-28-24)22(11-8-19-5-4-14-25-17-19)18-29-23-12-9-21(10-13-23)20-6-2-1-3-7-20/h1-7,9-10,12-14,17,22H,8,11,15-16,18H2. The summed E-state index contributed by atoms with van der Waals surface area (Å²) in [6, 6.07) is 22.2. The van der Waals surface area contributed by atoms with Crippen molar-refractivity contribution in [1.82, 2.24) is 9.88 Å². The van der Waals surface area contributed by atoms with Gasteiger partial charge in [-0.2, -0.15) is 0 Å². The van der Waals surface area contributed by atoms with Crippen molar-refractivity contribution >= 4 is 6.09 Å². The summed E-state index contributed by atoms with van der Waals surface area (Å²) in [6.07, 6.45) is 5.00. The molecule has 2 heterocycles. The van der Waals surface area contributed by atoms with Crippen molar-refractivity contribution in [3.05, 3.63) is 84.7 Å². The van der Waals surface area contributed by atoms with E-state index in [0.717, 1.165) is 29.7 Å². The van der Waals surface area contributed by atoms with Gasteiger partial charge in [0, 0.05) is 12.4 Å².